The molecule has 3 heterocycles. The van der Waals surface area contributed by atoms with Gasteiger partial charge in [-0.15, -0.1) is 0 Å². The zero-order valence-corrected chi connectivity index (χ0v) is 13.2. The minimum absolute atomic E-state index is 0.335. The van der Waals surface area contributed by atoms with E-state index in [1.54, 1.807) is 0 Å². The molecule has 0 bridgehead atoms. The van der Waals surface area contributed by atoms with Crippen LogP contribution in [0.4, 0.5) is 0 Å². The molecule has 2 aliphatic heterocycles. The van der Waals surface area contributed by atoms with Gasteiger partial charge in [-0.3, -0.25) is 4.90 Å². The van der Waals surface area contributed by atoms with Crippen LogP contribution in [0.25, 0.3) is 0 Å². The first-order chi connectivity index (χ1) is 11.2. The summed E-state index contributed by atoms with van der Waals surface area (Å²) in [4.78, 5) is 7.33. The zero-order chi connectivity index (χ0) is 15.4. The summed E-state index contributed by atoms with van der Waals surface area (Å²) in [5.74, 6) is 1.87. The molecule has 0 spiro atoms. The highest BCUT2D eigenvalue weighted by molar-refractivity contribution is 5.24. The summed E-state index contributed by atoms with van der Waals surface area (Å²) in [6.45, 7) is 1.17. The standard InChI is InChI=1S/C18H22N4O/c19-18(8-9-18)17-20-16(21-23-17)13-11-15(12-5-2-1-3-6-12)22-10-4-7-14(13)22/h1-3,5-6,13-15H,4,7-11,19H2/t13-,14+,15-/m0/s1. The molecular formula is C18H22N4O. The Labute approximate surface area is 135 Å². The van der Waals surface area contributed by atoms with Crippen LogP contribution in [-0.2, 0) is 5.54 Å². The van der Waals surface area contributed by atoms with Crippen molar-refractivity contribution in [1.82, 2.24) is 15.0 Å². The molecule has 23 heavy (non-hydrogen) atoms. The summed E-state index contributed by atoms with van der Waals surface area (Å²) in [5, 5.41) is 4.30. The van der Waals surface area contributed by atoms with E-state index >= 15 is 0 Å². The van der Waals surface area contributed by atoms with Gasteiger partial charge in [0.1, 0.15) is 0 Å². The van der Waals surface area contributed by atoms with E-state index in [1.165, 1.54) is 24.9 Å². The number of benzene rings is 1. The summed E-state index contributed by atoms with van der Waals surface area (Å²) >= 11 is 0. The molecule has 2 saturated heterocycles. The number of aromatic nitrogens is 2. The highest BCUT2D eigenvalue weighted by atomic mass is 16.5. The summed E-state index contributed by atoms with van der Waals surface area (Å²) in [5.41, 5.74) is 7.27. The van der Waals surface area contributed by atoms with Gasteiger partial charge >= 0.3 is 0 Å². The number of nitrogens with two attached hydrogens (primary N) is 1. The average molecular weight is 310 g/mol. The Morgan fingerprint density at radius 3 is 2.83 bits per heavy atom. The lowest BCUT2D eigenvalue weighted by molar-refractivity contribution is 0.243. The second-order valence-corrected chi connectivity index (χ2v) is 7.33. The second-order valence-electron chi connectivity index (χ2n) is 7.33. The minimum atomic E-state index is -0.335. The maximum absolute atomic E-state index is 6.20. The lowest BCUT2D eigenvalue weighted by Crippen LogP contribution is -2.27. The summed E-state index contributed by atoms with van der Waals surface area (Å²) < 4.78 is 5.49. The quantitative estimate of drug-likeness (QED) is 0.944. The third kappa shape index (κ3) is 2.14. The summed E-state index contributed by atoms with van der Waals surface area (Å²) in [6.07, 6.45) is 5.48. The molecule has 5 heteroatoms. The normalized spacial score (nSPS) is 32.1. The molecule has 0 unspecified atom stereocenters. The van der Waals surface area contributed by atoms with Gasteiger partial charge in [-0.1, -0.05) is 35.5 Å². The molecule has 2 aromatic rings. The molecular weight excluding hydrogens is 288 g/mol. The van der Waals surface area contributed by atoms with Crippen LogP contribution >= 0.6 is 0 Å². The third-order valence-corrected chi connectivity index (χ3v) is 5.86. The minimum Gasteiger partial charge on any atom is -0.337 e. The topological polar surface area (TPSA) is 68.2 Å². The van der Waals surface area contributed by atoms with Crippen molar-refractivity contribution in [2.75, 3.05) is 6.54 Å². The predicted octanol–water partition coefficient (Wildman–Crippen LogP) is 2.71. The van der Waals surface area contributed by atoms with Crippen molar-refractivity contribution in [3.63, 3.8) is 0 Å². The Balaban J connectivity index is 1.46. The number of hydrogen-bond donors (Lipinski definition) is 1. The van der Waals surface area contributed by atoms with Crippen LogP contribution in [0.3, 0.4) is 0 Å². The van der Waals surface area contributed by atoms with Gasteiger partial charge in [0.25, 0.3) is 0 Å². The van der Waals surface area contributed by atoms with E-state index in [9.17, 15) is 0 Å². The van der Waals surface area contributed by atoms with E-state index in [1.807, 2.05) is 0 Å². The first-order valence-corrected chi connectivity index (χ1v) is 8.68. The molecule has 3 fully saturated rings. The third-order valence-electron chi connectivity index (χ3n) is 5.86. The van der Waals surface area contributed by atoms with E-state index < -0.39 is 0 Å². The predicted molar refractivity (Wildman–Crippen MR) is 85.7 cm³/mol. The lowest BCUT2D eigenvalue weighted by Gasteiger charge is -2.24. The zero-order valence-electron chi connectivity index (χ0n) is 13.2. The van der Waals surface area contributed by atoms with Crippen molar-refractivity contribution in [3.05, 3.63) is 47.6 Å². The molecule has 0 amide bonds. The number of nitrogens with zero attached hydrogens (tertiary/aromatic N) is 3. The van der Waals surface area contributed by atoms with Gasteiger partial charge < -0.3 is 10.3 Å². The molecule has 1 saturated carbocycles. The molecule has 2 N–H and O–H groups in total. The van der Waals surface area contributed by atoms with Crippen molar-refractivity contribution >= 4 is 0 Å². The summed E-state index contributed by atoms with van der Waals surface area (Å²) in [7, 11) is 0. The maximum Gasteiger partial charge on any atom is 0.246 e. The molecule has 3 aliphatic rings. The van der Waals surface area contributed by atoms with Gasteiger partial charge in [-0.05, 0) is 44.2 Å². The van der Waals surface area contributed by atoms with Crippen LogP contribution in [0, 0.1) is 0 Å². The monoisotopic (exact) mass is 310 g/mol. The number of fused-ring (bicyclic) bond motifs is 1. The van der Waals surface area contributed by atoms with Crippen LogP contribution in [0.2, 0.25) is 0 Å². The fourth-order valence-corrected chi connectivity index (χ4v) is 4.38. The fourth-order valence-electron chi connectivity index (χ4n) is 4.38. The molecule has 1 aromatic heterocycles. The van der Waals surface area contributed by atoms with Crippen LogP contribution < -0.4 is 5.73 Å². The van der Waals surface area contributed by atoms with E-state index in [2.05, 4.69) is 45.4 Å². The van der Waals surface area contributed by atoms with Gasteiger partial charge in [-0.25, -0.2) is 0 Å². The molecule has 0 radical (unpaired) electrons. The van der Waals surface area contributed by atoms with Gasteiger partial charge in [-0.2, -0.15) is 4.98 Å². The largest absolute Gasteiger partial charge is 0.337 e. The Morgan fingerprint density at radius 2 is 2.04 bits per heavy atom. The van der Waals surface area contributed by atoms with E-state index in [0.717, 1.165) is 25.1 Å². The van der Waals surface area contributed by atoms with Crippen LogP contribution in [0.15, 0.2) is 34.9 Å². The van der Waals surface area contributed by atoms with Gasteiger partial charge in [0, 0.05) is 18.0 Å². The number of rotatable bonds is 3. The Kier molecular flexibility index (Phi) is 2.91. The average Bonchev–Trinajstić information content (AvgIpc) is 3.02. The molecule has 5 nitrogen and oxygen atoms in total. The van der Waals surface area contributed by atoms with Crippen molar-refractivity contribution in [2.24, 2.45) is 5.73 Å². The smallest absolute Gasteiger partial charge is 0.246 e. The van der Waals surface area contributed by atoms with Gasteiger partial charge in [0.2, 0.25) is 5.89 Å². The van der Waals surface area contributed by atoms with Crippen molar-refractivity contribution in [1.29, 1.82) is 0 Å². The Hall–Kier alpha value is -1.72. The van der Waals surface area contributed by atoms with Gasteiger partial charge in [0.15, 0.2) is 5.82 Å². The molecule has 120 valence electrons. The van der Waals surface area contributed by atoms with Crippen LogP contribution in [-0.4, -0.2) is 27.6 Å². The summed E-state index contributed by atoms with van der Waals surface area (Å²) in [6, 6.07) is 11.8. The van der Waals surface area contributed by atoms with Crippen LogP contribution in [0.1, 0.15) is 61.3 Å². The first kappa shape index (κ1) is 13.7. The molecule has 1 aliphatic carbocycles. The Morgan fingerprint density at radius 1 is 1.22 bits per heavy atom. The van der Waals surface area contributed by atoms with Crippen molar-refractivity contribution in [3.8, 4) is 0 Å². The molecule has 5 rings (SSSR count). The van der Waals surface area contributed by atoms with E-state index in [4.69, 9.17) is 10.3 Å². The van der Waals surface area contributed by atoms with Crippen molar-refractivity contribution < 1.29 is 4.52 Å². The van der Waals surface area contributed by atoms with E-state index in [0.29, 0.717) is 23.9 Å². The highest BCUT2D eigenvalue weighted by Gasteiger charge is 2.49. The highest BCUT2D eigenvalue weighted by Crippen LogP contribution is 2.49. The number of hydrogen-bond acceptors (Lipinski definition) is 5. The molecule has 1 aromatic carbocycles. The lowest BCUT2D eigenvalue weighted by atomic mass is 9.94. The fraction of sp³-hybridized carbons (Fsp3) is 0.556. The SMILES string of the molecule is NC1(c2nc([C@H]3C[C@@H](c4ccccc4)N4CCC[C@H]34)no2)CC1. The van der Waals surface area contributed by atoms with Crippen molar-refractivity contribution in [2.45, 2.75) is 55.6 Å². The van der Waals surface area contributed by atoms with E-state index in [-0.39, 0.29) is 5.54 Å². The Bertz CT molecular complexity index is 709. The van der Waals surface area contributed by atoms with Gasteiger partial charge in [0.05, 0.1) is 5.54 Å². The molecule has 3 atom stereocenters. The van der Waals surface area contributed by atoms with Crippen LogP contribution in [0.5, 0.6) is 0 Å². The maximum atomic E-state index is 6.20. The first-order valence-electron chi connectivity index (χ1n) is 8.68. The second kappa shape index (κ2) is 4.89.